The molecule has 0 amide bonds. The first kappa shape index (κ1) is 13.9. The molecule has 0 fully saturated rings. The molecule has 1 unspecified atom stereocenters. The minimum Gasteiger partial charge on any atom is -0.508 e. The third kappa shape index (κ3) is 4.68. The zero-order valence-electron chi connectivity index (χ0n) is 10.9. The van der Waals surface area contributed by atoms with Gasteiger partial charge in [0.15, 0.2) is 0 Å². The van der Waals surface area contributed by atoms with E-state index in [2.05, 4.69) is 13.8 Å². The summed E-state index contributed by atoms with van der Waals surface area (Å²) in [7, 11) is 0. The van der Waals surface area contributed by atoms with Gasteiger partial charge in [0.2, 0.25) is 0 Å². The minimum absolute atomic E-state index is 0.213. The average molecular weight is 236 g/mol. The summed E-state index contributed by atoms with van der Waals surface area (Å²) in [5.41, 5.74) is 0.690. The fourth-order valence-corrected chi connectivity index (χ4v) is 2.14. The summed E-state index contributed by atoms with van der Waals surface area (Å²) < 4.78 is 0. The molecule has 1 aromatic rings. The number of rotatable bonds is 7. The molecule has 0 heterocycles. The van der Waals surface area contributed by atoms with E-state index >= 15 is 0 Å². The van der Waals surface area contributed by atoms with E-state index in [9.17, 15) is 10.2 Å². The molecule has 1 rings (SSSR count). The molecule has 0 radical (unpaired) electrons. The lowest BCUT2D eigenvalue weighted by molar-refractivity contribution is 0.418. The maximum Gasteiger partial charge on any atom is 0.122 e. The molecule has 0 bridgehead atoms. The molecule has 2 heteroatoms. The number of unbranched alkanes of at least 4 members (excludes halogenated alkanes) is 3. The van der Waals surface area contributed by atoms with Crippen LogP contribution in [0.4, 0.5) is 0 Å². The van der Waals surface area contributed by atoms with Crippen LogP contribution < -0.4 is 0 Å². The third-order valence-electron chi connectivity index (χ3n) is 3.23. The highest BCUT2D eigenvalue weighted by Gasteiger charge is 2.11. The van der Waals surface area contributed by atoms with E-state index in [1.165, 1.54) is 25.7 Å². The van der Waals surface area contributed by atoms with Gasteiger partial charge in [-0.1, -0.05) is 52.0 Å². The van der Waals surface area contributed by atoms with Crippen molar-refractivity contribution >= 4 is 0 Å². The SMILES string of the molecule is CCCCCCC(C)Cc1c(O)cccc1O. The second-order valence-electron chi connectivity index (χ2n) is 4.93. The van der Waals surface area contributed by atoms with Crippen LogP contribution in [0.1, 0.15) is 51.5 Å². The smallest absolute Gasteiger partial charge is 0.122 e. The van der Waals surface area contributed by atoms with Crippen LogP contribution in [-0.4, -0.2) is 10.2 Å². The Bertz CT molecular complexity index is 313. The van der Waals surface area contributed by atoms with Gasteiger partial charge >= 0.3 is 0 Å². The summed E-state index contributed by atoms with van der Waals surface area (Å²) in [5, 5.41) is 19.4. The Morgan fingerprint density at radius 3 is 2.29 bits per heavy atom. The molecule has 17 heavy (non-hydrogen) atoms. The summed E-state index contributed by atoms with van der Waals surface area (Å²) in [4.78, 5) is 0. The standard InChI is InChI=1S/C15H24O2/c1-3-4-5-6-8-12(2)11-13-14(16)9-7-10-15(13)17/h7,9-10,12,16-17H,3-6,8,11H2,1-2H3. The van der Waals surface area contributed by atoms with Crippen molar-refractivity contribution in [2.75, 3.05) is 0 Å². The number of phenols is 2. The van der Waals surface area contributed by atoms with Crippen molar-refractivity contribution in [1.82, 2.24) is 0 Å². The number of hydrogen-bond donors (Lipinski definition) is 2. The van der Waals surface area contributed by atoms with Crippen molar-refractivity contribution in [2.24, 2.45) is 5.92 Å². The van der Waals surface area contributed by atoms with E-state index in [0.29, 0.717) is 11.5 Å². The molecule has 0 saturated carbocycles. The molecule has 96 valence electrons. The maximum absolute atomic E-state index is 9.69. The van der Waals surface area contributed by atoms with E-state index in [-0.39, 0.29) is 11.5 Å². The fourth-order valence-electron chi connectivity index (χ4n) is 2.14. The van der Waals surface area contributed by atoms with Crippen LogP contribution in [0.3, 0.4) is 0 Å². The highest BCUT2D eigenvalue weighted by Crippen LogP contribution is 2.30. The molecule has 0 spiro atoms. The zero-order valence-corrected chi connectivity index (χ0v) is 10.9. The van der Waals surface area contributed by atoms with E-state index < -0.39 is 0 Å². The Morgan fingerprint density at radius 1 is 1.06 bits per heavy atom. The molecule has 0 aliphatic carbocycles. The fraction of sp³-hybridized carbons (Fsp3) is 0.600. The zero-order chi connectivity index (χ0) is 12.7. The van der Waals surface area contributed by atoms with Crippen molar-refractivity contribution in [2.45, 2.75) is 52.4 Å². The number of hydrogen-bond acceptors (Lipinski definition) is 2. The number of benzene rings is 1. The van der Waals surface area contributed by atoms with Crippen molar-refractivity contribution in [3.63, 3.8) is 0 Å². The molecule has 0 saturated heterocycles. The van der Waals surface area contributed by atoms with Crippen molar-refractivity contribution in [3.05, 3.63) is 23.8 Å². The van der Waals surface area contributed by atoms with Gasteiger partial charge in [0.1, 0.15) is 11.5 Å². The molecule has 0 aromatic heterocycles. The average Bonchev–Trinajstić information content (AvgIpc) is 2.30. The normalized spacial score (nSPS) is 12.6. The van der Waals surface area contributed by atoms with E-state index in [1.807, 2.05) is 0 Å². The Labute approximate surface area is 104 Å². The van der Waals surface area contributed by atoms with Gasteiger partial charge < -0.3 is 10.2 Å². The van der Waals surface area contributed by atoms with E-state index in [1.54, 1.807) is 18.2 Å². The topological polar surface area (TPSA) is 40.5 Å². The van der Waals surface area contributed by atoms with Gasteiger partial charge in [-0.2, -0.15) is 0 Å². The van der Waals surface area contributed by atoms with Gasteiger partial charge in [-0.05, 0) is 24.5 Å². The van der Waals surface area contributed by atoms with Gasteiger partial charge in [-0.3, -0.25) is 0 Å². The summed E-state index contributed by atoms with van der Waals surface area (Å²) in [6.45, 7) is 4.39. The highest BCUT2D eigenvalue weighted by atomic mass is 16.3. The second kappa shape index (κ2) is 7.21. The van der Waals surface area contributed by atoms with Gasteiger partial charge in [0.05, 0.1) is 0 Å². The highest BCUT2D eigenvalue weighted by molar-refractivity contribution is 5.43. The lowest BCUT2D eigenvalue weighted by atomic mass is 9.94. The van der Waals surface area contributed by atoms with Crippen molar-refractivity contribution in [3.8, 4) is 11.5 Å². The van der Waals surface area contributed by atoms with Gasteiger partial charge in [-0.25, -0.2) is 0 Å². The first-order chi connectivity index (χ1) is 8.15. The summed E-state index contributed by atoms with van der Waals surface area (Å²) in [5.74, 6) is 0.932. The van der Waals surface area contributed by atoms with Crippen LogP contribution in [0.5, 0.6) is 11.5 Å². The van der Waals surface area contributed by atoms with Crippen LogP contribution in [0, 0.1) is 5.92 Å². The van der Waals surface area contributed by atoms with E-state index in [0.717, 1.165) is 12.8 Å². The molecular formula is C15H24O2. The summed E-state index contributed by atoms with van der Waals surface area (Å²) >= 11 is 0. The second-order valence-corrected chi connectivity index (χ2v) is 4.93. The van der Waals surface area contributed by atoms with Gasteiger partial charge in [-0.15, -0.1) is 0 Å². The molecule has 0 aliphatic heterocycles. The van der Waals surface area contributed by atoms with Crippen LogP contribution >= 0.6 is 0 Å². The predicted molar refractivity (Wildman–Crippen MR) is 71.4 cm³/mol. The molecule has 1 aromatic carbocycles. The van der Waals surface area contributed by atoms with Crippen LogP contribution in [0.25, 0.3) is 0 Å². The van der Waals surface area contributed by atoms with Crippen LogP contribution in [0.2, 0.25) is 0 Å². The Hall–Kier alpha value is -1.18. The molecule has 2 nitrogen and oxygen atoms in total. The van der Waals surface area contributed by atoms with Crippen molar-refractivity contribution in [1.29, 1.82) is 0 Å². The minimum atomic E-state index is 0.213. The maximum atomic E-state index is 9.69. The predicted octanol–water partition coefficient (Wildman–Crippen LogP) is 4.25. The largest absolute Gasteiger partial charge is 0.508 e. The summed E-state index contributed by atoms with van der Waals surface area (Å²) in [6.07, 6.45) is 7.00. The monoisotopic (exact) mass is 236 g/mol. The first-order valence-electron chi connectivity index (χ1n) is 6.65. The lowest BCUT2D eigenvalue weighted by Crippen LogP contribution is -2.00. The summed E-state index contributed by atoms with van der Waals surface area (Å²) in [6, 6.07) is 4.94. The Kier molecular flexibility index (Phi) is 5.88. The van der Waals surface area contributed by atoms with Crippen LogP contribution in [-0.2, 0) is 6.42 Å². The van der Waals surface area contributed by atoms with Gasteiger partial charge in [0, 0.05) is 5.56 Å². The third-order valence-corrected chi connectivity index (χ3v) is 3.23. The van der Waals surface area contributed by atoms with Crippen LogP contribution in [0.15, 0.2) is 18.2 Å². The molecule has 0 aliphatic rings. The first-order valence-corrected chi connectivity index (χ1v) is 6.65. The molecule has 1 atom stereocenters. The lowest BCUT2D eigenvalue weighted by Gasteiger charge is -2.13. The van der Waals surface area contributed by atoms with Crippen molar-refractivity contribution < 1.29 is 10.2 Å². The van der Waals surface area contributed by atoms with E-state index in [4.69, 9.17) is 0 Å². The quantitative estimate of drug-likeness (QED) is 0.695. The molecule has 2 N–H and O–H groups in total. The van der Waals surface area contributed by atoms with Gasteiger partial charge in [0.25, 0.3) is 0 Å². The Morgan fingerprint density at radius 2 is 1.71 bits per heavy atom. The Balaban J connectivity index is 2.42. The number of aromatic hydroxyl groups is 2. The number of phenolic OH excluding ortho intramolecular Hbond substituents is 2. The molecular weight excluding hydrogens is 212 g/mol.